The predicted molar refractivity (Wildman–Crippen MR) is 68.1 cm³/mol. The monoisotopic (exact) mass is 282 g/mol. The topological polar surface area (TPSA) is 29.5 Å². The van der Waals surface area contributed by atoms with Crippen molar-refractivity contribution in [3.05, 3.63) is 64.5 Å². The maximum atomic E-state index is 13.7. The third-order valence-corrected chi connectivity index (χ3v) is 3.01. The van der Waals surface area contributed by atoms with Gasteiger partial charge in [-0.05, 0) is 25.1 Å². The summed E-state index contributed by atoms with van der Waals surface area (Å²) in [5.41, 5.74) is 0.771. The van der Waals surface area contributed by atoms with E-state index < -0.39 is 23.6 Å². The molecule has 0 aliphatic rings. The minimum atomic E-state index is -1.44. The van der Waals surface area contributed by atoms with E-state index in [0.717, 1.165) is 5.56 Å². The van der Waals surface area contributed by atoms with Gasteiger partial charge < -0.3 is 9.84 Å². The normalized spacial score (nSPS) is 12.3. The number of aliphatic hydroxyl groups is 1. The first kappa shape index (κ1) is 14.4. The first-order chi connectivity index (χ1) is 9.43. The largest absolute Gasteiger partial charge is 0.496 e. The molecule has 2 aromatic rings. The van der Waals surface area contributed by atoms with Crippen LogP contribution in [0.2, 0.25) is 0 Å². The third-order valence-electron chi connectivity index (χ3n) is 3.01. The summed E-state index contributed by atoms with van der Waals surface area (Å²) in [6.45, 7) is 1.79. The Morgan fingerprint density at radius 2 is 1.60 bits per heavy atom. The van der Waals surface area contributed by atoms with Crippen molar-refractivity contribution >= 4 is 0 Å². The van der Waals surface area contributed by atoms with E-state index in [0.29, 0.717) is 17.9 Å². The second kappa shape index (κ2) is 5.54. The second-order valence-electron chi connectivity index (χ2n) is 4.44. The number of ether oxygens (including phenoxy) is 1. The Balaban J connectivity index is 2.54. The number of benzene rings is 2. The zero-order valence-electron chi connectivity index (χ0n) is 11.0. The fraction of sp³-hybridized carbons (Fsp3) is 0.200. The Morgan fingerprint density at radius 3 is 2.25 bits per heavy atom. The molecule has 2 aromatic carbocycles. The Morgan fingerprint density at radius 1 is 0.950 bits per heavy atom. The van der Waals surface area contributed by atoms with Gasteiger partial charge in [0.2, 0.25) is 0 Å². The molecule has 1 unspecified atom stereocenters. The smallest absolute Gasteiger partial charge is 0.161 e. The van der Waals surface area contributed by atoms with Gasteiger partial charge in [-0.2, -0.15) is 0 Å². The Labute approximate surface area is 114 Å². The van der Waals surface area contributed by atoms with E-state index >= 15 is 0 Å². The molecule has 5 heteroatoms. The van der Waals surface area contributed by atoms with Gasteiger partial charge in [-0.25, -0.2) is 13.2 Å². The Hall–Kier alpha value is -2.01. The SMILES string of the molecule is COc1ccc(C)cc1C(O)c1cc(F)c(F)cc1F. The van der Waals surface area contributed by atoms with E-state index in [1.165, 1.54) is 7.11 Å². The van der Waals surface area contributed by atoms with Crippen LogP contribution in [0.4, 0.5) is 13.2 Å². The molecule has 2 rings (SSSR count). The van der Waals surface area contributed by atoms with Gasteiger partial charge in [0, 0.05) is 17.2 Å². The Kier molecular flexibility index (Phi) is 3.99. The second-order valence-corrected chi connectivity index (χ2v) is 4.44. The number of rotatable bonds is 3. The van der Waals surface area contributed by atoms with Crippen molar-refractivity contribution in [1.29, 1.82) is 0 Å². The zero-order valence-corrected chi connectivity index (χ0v) is 11.0. The average Bonchev–Trinajstić information content (AvgIpc) is 2.42. The van der Waals surface area contributed by atoms with E-state index in [9.17, 15) is 18.3 Å². The zero-order chi connectivity index (χ0) is 14.9. The van der Waals surface area contributed by atoms with Gasteiger partial charge in [0.25, 0.3) is 0 Å². The fourth-order valence-corrected chi connectivity index (χ4v) is 1.98. The number of hydrogen-bond acceptors (Lipinski definition) is 2. The summed E-state index contributed by atoms with van der Waals surface area (Å²) in [5.74, 6) is -3.19. The molecule has 0 aromatic heterocycles. The van der Waals surface area contributed by atoms with Crippen LogP contribution in [0.15, 0.2) is 30.3 Å². The molecule has 0 saturated carbocycles. The summed E-state index contributed by atoms with van der Waals surface area (Å²) in [6.07, 6.45) is -1.44. The van der Waals surface area contributed by atoms with Crippen LogP contribution in [0.3, 0.4) is 0 Å². The molecule has 0 amide bonds. The number of hydrogen-bond donors (Lipinski definition) is 1. The highest BCUT2D eigenvalue weighted by Gasteiger charge is 2.21. The first-order valence-electron chi connectivity index (χ1n) is 5.91. The molecule has 106 valence electrons. The van der Waals surface area contributed by atoms with Crippen molar-refractivity contribution in [3.63, 3.8) is 0 Å². The molecule has 1 atom stereocenters. The van der Waals surface area contributed by atoms with Gasteiger partial charge in [-0.1, -0.05) is 11.6 Å². The molecule has 0 bridgehead atoms. The van der Waals surface area contributed by atoms with Crippen LogP contribution in [-0.4, -0.2) is 12.2 Å². The molecule has 0 aliphatic carbocycles. The molecule has 0 fully saturated rings. The molecule has 0 heterocycles. The fourth-order valence-electron chi connectivity index (χ4n) is 1.98. The third kappa shape index (κ3) is 2.63. The highest BCUT2D eigenvalue weighted by atomic mass is 19.2. The summed E-state index contributed by atoms with van der Waals surface area (Å²) in [5, 5.41) is 10.2. The van der Waals surface area contributed by atoms with Crippen molar-refractivity contribution in [1.82, 2.24) is 0 Å². The predicted octanol–water partition coefficient (Wildman–Crippen LogP) is 3.50. The van der Waals surface area contributed by atoms with Crippen LogP contribution < -0.4 is 4.74 Å². The van der Waals surface area contributed by atoms with Gasteiger partial charge in [0.05, 0.1) is 7.11 Å². The highest BCUT2D eigenvalue weighted by Crippen LogP contribution is 2.32. The lowest BCUT2D eigenvalue weighted by atomic mass is 9.98. The van der Waals surface area contributed by atoms with Crippen LogP contribution in [0.25, 0.3) is 0 Å². The molecular formula is C15H13F3O2. The summed E-state index contributed by atoms with van der Waals surface area (Å²) in [7, 11) is 1.41. The van der Waals surface area contributed by atoms with Gasteiger partial charge in [0.1, 0.15) is 17.7 Å². The van der Waals surface area contributed by atoms with Crippen molar-refractivity contribution < 1.29 is 23.0 Å². The Bertz CT molecular complexity index is 641. The molecule has 2 nitrogen and oxygen atoms in total. The molecule has 0 spiro atoms. The molecule has 0 saturated heterocycles. The van der Waals surface area contributed by atoms with Crippen LogP contribution in [0, 0.1) is 24.4 Å². The van der Waals surface area contributed by atoms with Crippen LogP contribution in [0.1, 0.15) is 22.8 Å². The number of aliphatic hydroxyl groups excluding tert-OH is 1. The lowest BCUT2D eigenvalue weighted by Gasteiger charge is -2.16. The molecule has 0 aliphatic heterocycles. The van der Waals surface area contributed by atoms with Crippen LogP contribution >= 0.6 is 0 Å². The van der Waals surface area contributed by atoms with Gasteiger partial charge in [-0.15, -0.1) is 0 Å². The van der Waals surface area contributed by atoms with Crippen molar-refractivity contribution in [3.8, 4) is 5.75 Å². The lowest BCUT2D eigenvalue weighted by Crippen LogP contribution is -2.06. The standard InChI is InChI=1S/C15H13F3O2/c1-8-3-4-14(20-2)10(5-8)15(19)9-6-12(17)13(18)7-11(9)16/h3-7,15,19H,1-2H3. The maximum absolute atomic E-state index is 13.7. The average molecular weight is 282 g/mol. The summed E-state index contributed by atoms with van der Waals surface area (Å²) < 4.78 is 44.9. The van der Waals surface area contributed by atoms with E-state index in [1.807, 2.05) is 0 Å². The first-order valence-corrected chi connectivity index (χ1v) is 5.91. The quantitative estimate of drug-likeness (QED) is 0.873. The van der Waals surface area contributed by atoms with E-state index in [-0.39, 0.29) is 11.1 Å². The molecule has 20 heavy (non-hydrogen) atoms. The van der Waals surface area contributed by atoms with Gasteiger partial charge in [-0.3, -0.25) is 0 Å². The van der Waals surface area contributed by atoms with Crippen LogP contribution in [0.5, 0.6) is 5.75 Å². The summed E-state index contributed by atoms with van der Waals surface area (Å²) in [4.78, 5) is 0. The summed E-state index contributed by atoms with van der Waals surface area (Å²) in [6, 6.07) is 6.04. The number of methoxy groups -OCH3 is 1. The van der Waals surface area contributed by atoms with Crippen LogP contribution in [-0.2, 0) is 0 Å². The van der Waals surface area contributed by atoms with E-state index in [4.69, 9.17) is 4.74 Å². The number of halogens is 3. The van der Waals surface area contributed by atoms with Gasteiger partial charge >= 0.3 is 0 Å². The summed E-state index contributed by atoms with van der Waals surface area (Å²) >= 11 is 0. The molecule has 0 radical (unpaired) electrons. The minimum Gasteiger partial charge on any atom is -0.496 e. The number of aryl methyl sites for hydroxylation is 1. The van der Waals surface area contributed by atoms with E-state index in [1.54, 1.807) is 25.1 Å². The van der Waals surface area contributed by atoms with Crippen molar-refractivity contribution in [2.75, 3.05) is 7.11 Å². The molecule has 1 N–H and O–H groups in total. The van der Waals surface area contributed by atoms with Crippen molar-refractivity contribution in [2.45, 2.75) is 13.0 Å². The highest BCUT2D eigenvalue weighted by molar-refractivity contribution is 5.43. The van der Waals surface area contributed by atoms with Gasteiger partial charge in [0.15, 0.2) is 11.6 Å². The lowest BCUT2D eigenvalue weighted by molar-refractivity contribution is 0.208. The van der Waals surface area contributed by atoms with E-state index in [2.05, 4.69) is 0 Å². The van der Waals surface area contributed by atoms with Crippen molar-refractivity contribution in [2.24, 2.45) is 0 Å². The maximum Gasteiger partial charge on any atom is 0.161 e. The minimum absolute atomic E-state index is 0.289. The molecular weight excluding hydrogens is 269 g/mol.